The average molecular weight is 621 g/mol. The summed E-state index contributed by atoms with van der Waals surface area (Å²) in [6, 6.07) is 10.5. The number of ether oxygens (including phenoxy) is 3. The third-order valence-corrected chi connectivity index (χ3v) is 8.64. The monoisotopic (exact) mass is 620 g/mol. The van der Waals surface area contributed by atoms with E-state index in [1.807, 2.05) is 30.3 Å². The molecule has 1 saturated carbocycles. The van der Waals surface area contributed by atoms with Crippen molar-refractivity contribution in [3.05, 3.63) is 58.6 Å². The lowest BCUT2D eigenvalue weighted by Gasteiger charge is -2.20. The molecule has 1 saturated heterocycles. The number of benzene rings is 1. The minimum atomic E-state index is -2.73. The number of hydrogen-bond donors (Lipinski definition) is 2. The Kier molecular flexibility index (Phi) is 6.86. The maximum absolute atomic E-state index is 14.0. The number of halogens is 1. The van der Waals surface area contributed by atoms with Crippen LogP contribution in [0.5, 0.6) is 11.5 Å². The van der Waals surface area contributed by atoms with Gasteiger partial charge in [-0.3, -0.25) is 14.0 Å². The number of alkyl carbamates (subject to hydrolysis) is 1. The first-order valence-electron chi connectivity index (χ1n) is 16.6. The first-order valence-corrected chi connectivity index (χ1v) is 15.1. The fourth-order valence-corrected chi connectivity index (χ4v) is 6.50. The number of fused-ring (bicyclic) bond motifs is 2. The van der Waals surface area contributed by atoms with Crippen LogP contribution >= 0.6 is 0 Å². The molecule has 3 aromatic heterocycles. The number of imidazole rings is 1. The van der Waals surface area contributed by atoms with Crippen LogP contribution in [-0.2, 0) is 18.3 Å². The van der Waals surface area contributed by atoms with E-state index < -0.39 is 24.9 Å². The number of alkyl halides is 1. The van der Waals surface area contributed by atoms with Crippen LogP contribution < -0.4 is 25.8 Å². The Balaban J connectivity index is 1.25. The number of nitrogens with one attached hydrogen (secondary N) is 2. The number of likely N-dealkylation sites (tertiary alicyclic amines) is 1. The predicted molar refractivity (Wildman–Crippen MR) is 166 cm³/mol. The molecule has 0 spiro atoms. The third kappa shape index (κ3) is 5.91. The van der Waals surface area contributed by atoms with Gasteiger partial charge in [-0.05, 0) is 61.6 Å². The van der Waals surface area contributed by atoms with Crippen molar-refractivity contribution in [3.8, 4) is 22.8 Å². The van der Waals surface area contributed by atoms with Crippen molar-refractivity contribution < 1.29 is 27.5 Å². The molecule has 2 fully saturated rings. The van der Waals surface area contributed by atoms with Crippen LogP contribution in [0.4, 0.5) is 20.8 Å². The fourth-order valence-electron chi connectivity index (χ4n) is 6.50. The van der Waals surface area contributed by atoms with E-state index in [-0.39, 0.29) is 17.6 Å². The van der Waals surface area contributed by atoms with Crippen molar-refractivity contribution >= 4 is 28.8 Å². The molecule has 2 N–H and O–H groups in total. The maximum Gasteiger partial charge on any atom is 0.407 e. The van der Waals surface area contributed by atoms with Gasteiger partial charge in [-0.2, -0.15) is 0 Å². The third-order valence-electron chi connectivity index (χ3n) is 8.64. The van der Waals surface area contributed by atoms with E-state index in [2.05, 4.69) is 20.5 Å². The molecule has 0 bridgehead atoms. The summed E-state index contributed by atoms with van der Waals surface area (Å²) in [5.41, 5.74) is 2.26. The SMILES string of the molecule is [2H]C([2H])([2H])n1c(=O)n([C@@H]2CC[C@@H](NC(=O)OC)C2)c2cc(Nc3cc(CN4CC[C@H](F)C4)cc(-c4ccc5c(c4)OCCO5)n3)ncc21. The molecule has 0 radical (unpaired) electrons. The van der Waals surface area contributed by atoms with Gasteiger partial charge in [-0.15, -0.1) is 0 Å². The highest BCUT2D eigenvalue weighted by molar-refractivity contribution is 5.79. The van der Waals surface area contributed by atoms with Crippen LogP contribution in [0, 0.1) is 0 Å². The van der Waals surface area contributed by atoms with Crippen LogP contribution in [0.2, 0.25) is 0 Å². The second-order valence-electron chi connectivity index (χ2n) is 11.7. The first kappa shape index (κ1) is 25.7. The summed E-state index contributed by atoms with van der Waals surface area (Å²) < 4.78 is 56.7. The van der Waals surface area contributed by atoms with Gasteiger partial charge in [-0.1, -0.05) is 0 Å². The molecule has 45 heavy (non-hydrogen) atoms. The Morgan fingerprint density at radius 1 is 1.11 bits per heavy atom. The molecular formula is C32H36FN7O5. The normalized spacial score (nSPS) is 22.5. The number of nitrogens with zero attached hydrogens (tertiary/aromatic N) is 5. The molecule has 3 aliphatic rings. The molecule has 2 aliphatic heterocycles. The van der Waals surface area contributed by atoms with Crippen molar-refractivity contribution in [2.75, 3.05) is 38.7 Å². The minimum absolute atomic E-state index is 0.170. The van der Waals surface area contributed by atoms with E-state index in [1.165, 1.54) is 17.9 Å². The molecule has 4 aromatic rings. The summed E-state index contributed by atoms with van der Waals surface area (Å²) in [6.45, 7) is -0.279. The van der Waals surface area contributed by atoms with E-state index in [0.717, 1.165) is 15.7 Å². The topological polar surface area (TPSA) is 125 Å². The van der Waals surface area contributed by atoms with Gasteiger partial charge in [0.25, 0.3) is 0 Å². The van der Waals surface area contributed by atoms with Gasteiger partial charge in [0.1, 0.15) is 31.0 Å². The van der Waals surface area contributed by atoms with Crippen LogP contribution in [0.1, 0.15) is 41.4 Å². The highest BCUT2D eigenvalue weighted by atomic mass is 19.1. The standard InChI is InChI=1S/C32H36FN7O5/c1-38-26-16-34-29(15-25(26)40(32(38)42)23-5-4-22(14-23)35-31(41)43-2)37-30-12-19(17-39-8-7-21(33)18-39)11-24(36-30)20-3-6-27-28(13-20)45-10-9-44-27/h3,6,11-13,15-16,21-23H,4-5,7-10,14,17-18H2,1-2H3,(H,35,41)(H,34,36,37)/t21-,22+,23+/m0/s1/i1D3. The first-order chi connectivity index (χ1) is 23.1. The van der Waals surface area contributed by atoms with Gasteiger partial charge in [-0.25, -0.2) is 23.9 Å². The fraction of sp³-hybridized carbons (Fsp3) is 0.438. The summed E-state index contributed by atoms with van der Waals surface area (Å²) in [4.78, 5) is 36.9. The zero-order valence-electron chi connectivity index (χ0n) is 27.8. The molecule has 1 aromatic carbocycles. The van der Waals surface area contributed by atoms with Crippen molar-refractivity contribution in [2.45, 2.75) is 50.5 Å². The molecular weight excluding hydrogens is 581 g/mol. The molecule has 1 aliphatic carbocycles. The van der Waals surface area contributed by atoms with Crippen molar-refractivity contribution in [3.63, 3.8) is 0 Å². The lowest BCUT2D eigenvalue weighted by molar-refractivity contribution is 0.166. The number of anilines is 2. The molecule has 5 heterocycles. The van der Waals surface area contributed by atoms with E-state index in [9.17, 15) is 14.0 Å². The quantitative estimate of drug-likeness (QED) is 0.311. The highest BCUT2D eigenvalue weighted by Gasteiger charge is 2.30. The van der Waals surface area contributed by atoms with Crippen molar-refractivity contribution in [1.29, 1.82) is 0 Å². The minimum Gasteiger partial charge on any atom is -0.486 e. The summed E-state index contributed by atoms with van der Waals surface area (Å²) in [6.07, 6.45) is 2.03. The van der Waals surface area contributed by atoms with E-state index >= 15 is 0 Å². The van der Waals surface area contributed by atoms with Gasteiger partial charge >= 0.3 is 11.8 Å². The number of amides is 1. The zero-order valence-corrected chi connectivity index (χ0v) is 24.8. The maximum atomic E-state index is 14.0. The number of methoxy groups -OCH3 is 1. The number of carbonyl (C=O) groups is 1. The lowest BCUT2D eigenvalue weighted by Crippen LogP contribution is -2.33. The molecule has 13 heteroatoms. The average Bonchev–Trinajstić information content (AvgIpc) is 3.76. The van der Waals surface area contributed by atoms with Gasteiger partial charge in [0.05, 0.1) is 30.0 Å². The van der Waals surface area contributed by atoms with E-state index in [4.69, 9.17) is 23.3 Å². The van der Waals surface area contributed by atoms with Crippen LogP contribution in [0.15, 0.2) is 47.4 Å². The molecule has 0 unspecified atom stereocenters. The van der Waals surface area contributed by atoms with Gasteiger partial charge < -0.3 is 24.8 Å². The van der Waals surface area contributed by atoms with Crippen molar-refractivity contribution in [2.24, 2.45) is 6.98 Å². The Bertz CT molecular complexity index is 1920. The van der Waals surface area contributed by atoms with Gasteiger partial charge in [0, 0.05) is 54.4 Å². The molecule has 3 atom stereocenters. The number of aryl methyl sites for hydroxylation is 1. The second-order valence-corrected chi connectivity index (χ2v) is 11.7. The number of aromatic nitrogens is 4. The Morgan fingerprint density at radius 2 is 1.98 bits per heavy atom. The summed E-state index contributed by atoms with van der Waals surface area (Å²) in [7, 11) is 1.28. The number of pyridine rings is 2. The number of carbonyl (C=O) groups excluding carboxylic acids is 1. The van der Waals surface area contributed by atoms with Crippen LogP contribution in [-0.4, -0.2) is 75.7 Å². The van der Waals surface area contributed by atoms with E-state index in [1.54, 1.807) is 6.07 Å². The largest absolute Gasteiger partial charge is 0.486 e. The highest BCUT2D eigenvalue weighted by Crippen LogP contribution is 2.36. The van der Waals surface area contributed by atoms with Crippen molar-refractivity contribution in [1.82, 2.24) is 29.3 Å². The van der Waals surface area contributed by atoms with Gasteiger partial charge in [0.2, 0.25) is 0 Å². The summed E-state index contributed by atoms with van der Waals surface area (Å²) in [5, 5.41) is 6.04. The number of rotatable bonds is 7. The molecule has 12 nitrogen and oxygen atoms in total. The molecule has 7 rings (SSSR count). The summed E-state index contributed by atoms with van der Waals surface area (Å²) in [5.74, 6) is 2.10. The Hall–Kier alpha value is -4.65. The Morgan fingerprint density at radius 3 is 2.78 bits per heavy atom. The van der Waals surface area contributed by atoms with E-state index in [0.29, 0.717) is 92.9 Å². The second kappa shape index (κ2) is 12.0. The summed E-state index contributed by atoms with van der Waals surface area (Å²) >= 11 is 0. The molecule has 236 valence electrons. The smallest absolute Gasteiger partial charge is 0.407 e. The lowest BCUT2D eigenvalue weighted by atomic mass is 10.1. The Labute approximate surface area is 263 Å². The van der Waals surface area contributed by atoms with Gasteiger partial charge in [0.15, 0.2) is 11.5 Å². The molecule has 1 amide bonds. The predicted octanol–water partition coefficient (Wildman–Crippen LogP) is 4.31. The number of hydrogen-bond acceptors (Lipinski definition) is 9. The van der Waals surface area contributed by atoms with Crippen LogP contribution in [0.25, 0.3) is 22.3 Å². The van der Waals surface area contributed by atoms with Crippen LogP contribution in [0.3, 0.4) is 0 Å². The zero-order chi connectivity index (χ0) is 33.6.